The minimum absolute atomic E-state index is 0.894. The summed E-state index contributed by atoms with van der Waals surface area (Å²) in [6.07, 6.45) is 9.80. The molecular formula is C67H63N3Si2. The zero-order chi connectivity index (χ0) is 49.7. The molecule has 3 aromatic heterocycles. The third-order valence-corrected chi connectivity index (χ3v) is 18.1. The molecule has 3 heterocycles. The summed E-state index contributed by atoms with van der Waals surface area (Å²) in [5.41, 5.74) is 20.9. The van der Waals surface area contributed by atoms with Gasteiger partial charge in [0.25, 0.3) is 0 Å². The van der Waals surface area contributed by atoms with Gasteiger partial charge in [0.2, 0.25) is 0 Å². The number of hydrogen-bond acceptors (Lipinski definition) is 3. The summed E-state index contributed by atoms with van der Waals surface area (Å²) >= 11 is 0. The monoisotopic (exact) mass is 965 g/mol. The van der Waals surface area contributed by atoms with E-state index in [9.17, 15) is 0 Å². The molecule has 0 unspecified atom stereocenters. The highest BCUT2D eigenvalue weighted by Crippen LogP contribution is 2.41. The first kappa shape index (κ1) is 48.1. The predicted molar refractivity (Wildman–Crippen MR) is 312 cm³/mol. The molecule has 0 aliphatic rings. The van der Waals surface area contributed by atoms with Gasteiger partial charge in [-0.1, -0.05) is 238 Å². The molecule has 0 saturated heterocycles. The summed E-state index contributed by atoms with van der Waals surface area (Å²) in [6, 6.07) is 75.4. The molecule has 0 amide bonds. The molecule has 354 valence electrons. The standard InChI is InChI=1S/C67H63N3Si2/c1-71(2,3)59-35-31-56(32-36-59)65-39-25-48(45-68-65)21-23-50-41-51(24-22-49-26-40-66(69-46-49)57-33-37-60(38-34-57)72(4,5)6)43-58(42-50)61-19-13-14-20-62(61)64-47-70-67(55-17-11-8-12-18-55)44-63(64)54-29-27-53(28-30-54)52-15-9-7-10-16-52/h7-20,25-47H,21-24H2,1-6H3. The first-order valence-electron chi connectivity index (χ1n) is 25.5. The molecule has 72 heavy (non-hydrogen) atoms. The molecule has 0 bridgehead atoms. The molecule has 10 aromatic rings. The molecule has 0 N–H and O–H groups in total. The van der Waals surface area contributed by atoms with Gasteiger partial charge in [-0.25, -0.2) is 0 Å². The fraction of sp³-hybridized carbons (Fsp3) is 0.149. The van der Waals surface area contributed by atoms with Gasteiger partial charge in [-0.3, -0.25) is 15.0 Å². The normalized spacial score (nSPS) is 11.7. The van der Waals surface area contributed by atoms with Crippen molar-refractivity contribution in [2.24, 2.45) is 0 Å². The van der Waals surface area contributed by atoms with E-state index in [1.807, 2.05) is 0 Å². The van der Waals surface area contributed by atoms with Gasteiger partial charge in [0.15, 0.2) is 0 Å². The fourth-order valence-electron chi connectivity index (χ4n) is 9.67. The van der Waals surface area contributed by atoms with Gasteiger partial charge < -0.3 is 0 Å². The van der Waals surface area contributed by atoms with Crippen molar-refractivity contribution in [1.29, 1.82) is 0 Å². The van der Waals surface area contributed by atoms with E-state index in [2.05, 4.69) is 264 Å². The maximum Gasteiger partial charge on any atom is 0.0775 e. The summed E-state index contributed by atoms with van der Waals surface area (Å²) in [4.78, 5) is 15.1. The second-order valence-electron chi connectivity index (χ2n) is 21.3. The molecule has 0 atom stereocenters. The summed E-state index contributed by atoms with van der Waals surface area (Å²) in [5.74, 6) is 0. The highest BCUT2D eigenvalue weighted by atomic mass is 28.3. The van der Waals surface area contributed by atoms with Crippen molar-refractivity contribution in [3.63, 3.8) is 0 Å². The maximum atomic E-state index is 5.14. The number of nitrogens with zero attached hydrogens (tertiary/aromatic N) is 3. The van der Waals surface area contributed by atoms with Crippen LogP contribution in [0, 0.1) is 0 Å². The molecule has 0 radical (unpaired) electrons. The van der Waals surface area contributed by atoms with Crippen molar-refractivity contribution in [3.8, 4) is 78.3 Å². The van der Waals surface area contributed by atoms with Crippen LogP contribution in [-0.4, -0.2) is 31.1 Å². The van der Waals surface area contributed by atoms with Gasteiger partial charge in [-0.15, -0.1) is 0 Å². The highest BCUT2D eigenvalue weighted by molar-refractivity contribution is 6.89. The number of pyridine rings is 3. The van der Waals surface area contributed by atoms with E-state index >= 15 is 0 Å². The molecule has 5 heteroatoms. The Morgan fingerprint density at radius 2 is 0.667 bits per heavy atom. The molecule has 0 aliphatic heterocycles. The molecule has 7 aromatic carbocycles. The SMILES string of the molecule is C[Si](C)(C)c1ccc(-c2ccc(CCc3cc(CCc4ccc(-c5ccc([Si](C)(C)C)cc5)nc4)cc(-c4ccccc4-c4cnc(-c5ccccc5)cc4-c4ccc(-c5ccccc5)cc4)c3)cn2)cc1. The summed E-state index contributed by atoms with van der Waals surface area (Å²) in [6.45, 7) is 14.3. The Labute approximate surface area is 429 Å². The number of aryl methyl sites for hydroxylation is 4. The molecule has 3 nitrogen and oxygen atoms in total. The summed E-state index contributed by atoms with van der Waals surface area (Å²) < 4.78 is 0. The topological polar surface area (TPSA) is 38.7 Å². The minimum atomic E-state index is -1.37. The van der Waals surface area contributed by atoms with Crippen molar-refractivity contribution in [2.75, 3.05) is 0 Å². The van der Waals surface area contributed by atoms with Crippen LogP contribution in [0.5, 0.6) is 0 Å². The molecule has 10 rings (SSSR count). The molecule has 0 spiro atoms. The first-order chi connectivity index (χ1) is 34.9. The minimum Gasteiger partial charge on any atom is -0.256 e. The quantitative estimate of drug-likeness (QED) is 0.0961. The number of benzene rings is 7. The van der Waals surface area contributed by atoms with E-state index in [4.69, 9.17) is 15.0 Å². The van der Waals surface area contributed by atoms with E-state index < -0.39 is 16.1 Å². The van der Waals surface area contributed by atoms with Crippen LogP contribution < -0.4 is 10.4 Å². The molecule has 0 saturated carbocycles. The van der Waals surface area contributed by atoms with E-state index in [1.54, 1.807) is 0 Å². The molecule has 0 aliphatic carbocycles. The number of hydrogen-bond donors (Lipinski definition) is 0. The van der Waals surface area contributed by atoms with Crippen LogP contribution in [0.25, 0.3) is 78.3 Å². The fourth-order valence-corrected chi connectivity index (χ4v) is 12.0. The first-order valence-corrected chi connectivity index (χ1v) is 32.5. The summed E-state index contributed by atoms with van der Waals surface area (Å²) in [7, 11) is -2.74. The molecular weight excluding hydrogens is 903 g/mol. The average Bonchev–Trinajstić information content (AvgIpc) is 3.42. The average molecular weight is 966 g/mol. The Morgan fingerprint density at radius 1 is 0.264 bits per heavy atom. The van der Waals surface area contributed by atoms with Crippen molar-refractivity contribution in [3.05, 3.63) is 247 Å². The lowest BCUT2D eigenvalue weighted by molar-refractivity contribution is 0.923. The largest absolute Gasteiger partial charge is 0.256 e. The van der Waals surface area contributed by atoms with Crippen molar-refractivity contribution in [1.82, 2.24) is 15.0 Å². The lowest BCUT2D eigenvalue weighted by Gasteiger charge is -2.18. The van der Waals surface area contributed by atoms with Gasteiger partial charge in [0, 0.05) is 40.8 Å². The smallest absolute Gasteiger partial charge is 0.0775 e. The third kappa shape index (κ3) is 11.3. The van der Waals surface area contributed by atoms with Gasteiger partial charge in [0.1, 0.15) is 0 Å². The Morgan fingerprint density at radius 3 is 1.15 bits per heavy atom. The van der Waals surface area contributed by atoms with Gasteiger partial charge in [0.05, 0.1) is 33.2 Å². The van der Waals surface area contributed by atoms with E-state index in [1.165, 1.54) is 54.9 Å². The highest BCUT2D eigenvalue weighted by Gasteiger charge is 2.19. The lowest BCUT2D eigenvalue weighted by Crippen LogP contribution is -2.37. The zero-order valence-electron chi connectivity index (χ0n) is 42.5. The van der Waals surface area contributed by atoms with E-state index in [0.717, 1.165) is 81.7 Å². The third-order valence-electron chi connectivity index (χ3n) is 14.0. The Kier molecular flexibility index (Phi) is 14.0. The van der Waals surface area contributed by atoms with Crippen LogP contribution in [0.3, 0.4) is 0 Å². The van der Waals surface area contributed by atoms with Crippen LogP contribution in [0.15, 0.2) is 225 Å². The summed E-state index contributed by atoms with van der Waals surface area (Å²) in [5, 5.41) is 2.93. The van der Waals surface area contributed by atoms with Gasteiger partial charge in [-0.05, 0) is 105 Å². The van der Waals surface area contributed by atoms with Crippen LogP contribution in [0.2, 0.25) is 39.3 Å². The zero-order valence-corrected chi connectivity index (χ0v) is 44.5. The van der Waals surface area contributed by atoms with Crippen LogP contribution in [0.1, 0.15) is 22.3 Å². The van der Waals surface area contributed by atoms with Crippen molar-refractivity contribution in [2.45, 2.75) is 65.0 Å². The second kappa shape index (κ2) is 21.0. The Balaban J connectivity index is 0.982. The van der Waals surface area contributed by atoms with Gasteiger partial charge in [-0.2, -0.15) is 0 Å². The van der Waals surface area contributed by atoms with Crippen molar-refractivity contribution < 1.29 is 0 Å². The van der Waals surface area contributed by atoms with Crippen LogP contribution >= 0.6 is 0 Å². The Bertz CT molecular complexity index is 3290. The second-order valence-corrected chi connectivity index (χ2v) is 31.4. The maximum absolute atomic E-state index is 5.14. The lowest BCUT2D eigenvalue weighted by atomic mass is 9.87. The molecule has 0 fully saturated rings. The van der Waals surface area contributed by atoms with Crippen LogP contribution in [-0.2, 0) is 25.7 Å². The van der Waals surface area contributed by atoms with E-state index in [-0.39, 0.29) is 0 Å². The van der Waals surface area contributed by atoms with Crippen molar-refractivity contribution >= 4 is 26.5 Å². The van der Waals surface area contributed by atoms with Gasteiger partial charge >= 0.3 is 0 Å². The number of rotatable bonds is 15. The Hall–Kier alpha value is -7.58. The van der Waals surface area contributed by atoms with Crippen LogP contribution in [0.4, 0.5) is 0 Å². The number of aromatic nitrogens is 3. The predicted octanol–water partition coefficient (Wildman–Crippen LogP) is 16.2. The van der Waals surface area contributed by atoms with E-state index in [0.29, 0.717) is 0 Å².